The van der Waals surface area contributed by atoms with E-state index < -0.39 is 18.0 Å². The molecule has 1 heterocycles. The molecule has 1 fully saturated rings. The normalized spacial score (nSPS) is 19.7. The SMILES string of the molecule is CCc1ccc(N(C(=O)C2CCCC(C(F)(F)F)C2)c2nc3ccccc3s2)cc1. The van der Waals surface area contributed by atoms with Crippen LogP contribution >= 0.6 is 11.3 Å². The van der Waals surface area contributed by atoms with Crippen LogP contribution in [0.5, 0.6) is 0 Å². The molecule has 30 heavy (non-hydrogen) atoms. The van der Waals surface area contributed by atoms with Gasteiger partial charge in [-0.15, -0.1) is 0 Å². The minimum absolute atomic E-state index is 0.0968. The summed E-state index contributed by atoms with van der Waals surface area (Å²) in [7, 11) is 0. The van der Waals surface area contributed by atoms with Gasteiger partial charge in [0.25, 0.3) is 0 Å². The molecule has 0 radical (unpaired) electrons. The lowest BCUT2D eigenvalue weighted by atomic mass is 9.80. The van der Waals surface area contributed by atoms with Gasteiger partial charge < -0.3 is 0 Å². The molecule has 2 unspecified atom stereocenters. The molecule has 0 aliphatic heterocycles. The fourth-order valence-electron chi connectivity index (χ4n) is 4.06. The number of thiazole rings is 1. The molecule has 0 spiro atoms. The van der Waals surface area contributed by atoms with Gasteiger partial charge in [-0.05, 0) is 55.5 Å². The number of fused-ring (bicyclic) bond motifs is 1. The van der Waals surface area contributed by atoms with Crippen LogP contribution < -0.4 is 4.90 Å². The maximum Gasteiger partial charge on any atom is 0.391 e. The number of rotatable bonds is 4. The second-order valence-electron chi connectivity index (χ2n) is 7.76. The van der Waals surface area contributed by atoms with E-state index in [4.69, 9.17) is 0 Å². The number of benzene rings is 2. The quantitative estimate of drug-likeness (QED) is 0.450. The van der Waals surface area contributed by atoms with Crippen molar-refractivity contribution < 1.29 is 18.0 Å². The van der Waals surface area contributed by atoms with Crippen molar-refractivity contribution in [3.63, 3.8) is 0 Å². The lowest BCUT2D eigenvalue weighted by Crippen LogP contribution is -2.38. The number of aromatic nitrogens is 1. The highest BCUT2D eigenvalue weighted by Gasteiger charge is 2.44. The average molecular weight is 433 g/mol. The van der Waals surface area contributed by atoms with Gasteiger partial charge in [-0.3, -0.25) is 9.69 Å². The van der Waals surface area contributed by atoms with Gasteiger partial charge in [0.05, 0.1) is 21.8 Å². The first-order valence-corrected chi connectivity index (χ1v) is 11.0. The maximum absolute atomic E-state index is 13.5. The van der Waals surface area contributed by atoms with E-state index in [1.54, 1.807) is 0 Å². The second kappa shape index (κ2) is 8.38. The molecule has 1 amide bonds. The summed E-state index contributed by atoms with van der Waals surface area (Å²) in [4.78, 5) is 19.7. The van der Waals surface area contributed by atoms with Crippen LogP contribution in [0.1, 0.15) is 38.2 Å². The van der Waals surface area contributed by atoms with E-state index in [0.717, 1.165) is 22.2 Å². The highest BCUT2D eigenvalue weighted by Crippen LogP contribution is 2.42. The number of halogens is 3. The molecule has 2 atom stereocenters. The van der Waals surface area contributed by atoms with E-state index >= 15 is 0 Å². The number of anilines is 2. The third-order valence-electron chi connectivity index (χ3n) is 5.78. The van der Waals surface area contributed by atoms with E-state index in [2.05, 4.69) is 4.98 Å². The summed E-state index contributed by atoms with van der Waals surface area (Å²) in [5.74, 6) is -2.38. The van der Waals surface area contributed by atoms with Crippen LogP contribution in [0.25, 0.3) is 10.2 Å². The first-order chi connectivity index (χ1) is 14.4. The standard InChI is InChI=1S/C23H23F3N2OS/c1-2-15-10-12-18(13-11-15)28(22-27-19-8-3-4-9-20(19)30-22)21(29)16-6-5-7-17(14-16)23(24,25)26/h3-4,8-13,16-17H,2,5-7,14H2,1H3. The van der Waals surface area contributed by atoms with Gasteiger partial charge in [-0.2, -0.15) is 13.2 Å². The van der Waals surface area contributed by atoms with Crippen LogP contribution in [0.15, 0.2) is 48.5 Å². The number of hydrogen-bond acceptors (Lipinski definition) is 3. The fourth-order valence-corrected chi connectivity index (χ4v) is 5.05. The molecule has 2 aromatic carbocycles. The van der Waals surface area contributed by atoms with Crippen molar-refractivity contribution in [1.29, 1.82) is 0 Å². The van der Waals surface area contributed by atoms with Crippen molar-refractivity contribution in [2.24, 2.45) is 11.8 Å². The monoisotopic (exact) mass is 432 g/mol. The second-order valence-corrected chi connectivity index (χ2v) is 8.77. The van der Waals surface area contributed by atoms with Crippen molar-refractivity contribution in [2.45, 2.75) is 45.2 Å². The van der Waals surface area contributed by atoms with E-state index in [0.29, 0.717) is 23.7 Å². The fraction of sp³-hybridized carbons (Fsp3) is 0.391. The van der Waals surface area contributed by atoms with Gasteiger partial charge in [0.1, 0.15) is 0 Å². The Labute approximate surface area is 177 Å². The molecule has 3 aromatic rings. The zero-order valence-electron chi connectivity index (χ0n) is 16.7. The van der Waals surface area contributed by atoms with Crippen molar-refractivity contribution in [3.8, 4) is 0 Å². The highest BCUT2D eigenvalue weighted by molar-refractivity contribution is 7.22. The van der Waals surface area contributed by atoms with Gasteiger partial charge in [-0.25, -0.2) is 4.98 Å². The number of alkyl halides is 3. The van der Waals surface area contributed by atoms with Crippen LogP contribution in [0.2, 0.25) is 0 Å². The summed E-state index contributed by atoms with van der Waals surface area (Å²) >= 11 is 1.38. The Balaban J connectivity index is 1.71. The summed E-state index contributed by atoms with van der Waals surface area (Å²) in [6, 6.07) is 15.2. The number of aryl methyl sites for hydroxylation is 1. The molecule has 1 saturated carbocycles. The van der Waals surface area contributed by atoms with Gasteiger partial charge in [0, 0.05) is 5.92 Å². The Hall–Kier alpha value is -2.41. The van der Waals surface area contributed by atoms with E-state index in [-0.39, 0.29) is 18.7 Å². The predicted molar refractivity (Wildman–Crippen MR) is 114 cm³/mol. The largest absolute Gasteiger partial charge is 0.391 e. The molecule has 0 N–H and O–H groups in total. The Morgan fingerprint density at radius 3 is 2.53 bits per heavy atom. The number of para-hydroxylation sites is 1. The van der Waals surface area contributed by atoms with Gasteiger partial charge in [-0.1, -0.05) is 48.9 Å². The zero-order chi connectivity index (χ0) is 21.3. The van der Waals surface area contributed by atoms with Crippen molar-refractivity contribution in [2.75, 3.05) is 4.90 Å². The summed E-state index contributed by atoms with van der Waals surface area (Å²) in [5, 5.41) is 0.500. The van der Waals surface area contributed by atoms with Gasteiger partial charge >= 0.3 is 6.18 Å². The summed E-state index contributed by atoms with van der Waals surface area (Å²) < 4.78 is 40.9. The van der Waals surface area contributed by atoms with Crippen LogP contribution in [-0.4, -0.2) is 17.1 Å². The van der Waals surface area contributed by atoms with E-state index in [1.807, 2.05) is 55.5 Å². The Bertz CT molecular complexity index is 996. The minimum atomic E-state index is -4.26. The molecule has 1 aliphatic rings. The number of carbonyl (C=O) groups excluding carboxylic acids is 1. The van der Waals surface area contributed by atoms with Gasteiger partial charge in [0.15, 0.2) is 5.13 Å². The van der Waals surface area contributed by atoms with Crippen LogP contribution in [-0.2, 0) is 11.2 Å². The molecule has 1 aliphatic carbocycles. The topological polar surface area (TPSA) is 33.2 Å². The third-order valence-corrected chi connectivity index (χ3v) is 6.80. The van der Waals surface area contributed by atoms with E-state index in [1.165, 1.54) is 16.2 Å². The smallest absolute Gasteiger partial charge is 0.274 e. The molecule has 0 bridgehead atoms. The number of amides is 1. The van der Waals surface area contributed by atoms with Gasteiger partial charge in [0.2, 0.25) is 5.91 Å². The number of carbonyl (C=O) groups is 1. The molecule has 158 valence electrons. The Kier molecular flexibility index (Phi) is 5.82. The maximum atomic E-state index is 13.5. The van der Waals surface area contributed by atoms with Crippen molar-refractivity contribution >= 4 is 38.3 Å². The summed E-state index contributed by atoms with van der Waals surface area (Å²) in [6.07, 6.45) is -2.58. The minimum Gasteiger partial charge on any atom is -0.274 e. The lowest BCUT2D eigenvalue weighted by Gasteiger charge is -2.32. The first kappa shape index (κ1) is 20.8. The summed E-state index contributed by atoms with van der Waals surface area (Å²) in [5.41, 5.74) is 2.55. The van der Waals surface area contributed by atoms with Crippen LogP contribution in [0.4, 0.5) is 24.0 Å². The molecule has 4 rings (SSSR count). The first-order valence-electron chi connectivity index (χ1n) is 10.2. The molecule has 3 nitrogen and oxygen atoms in total. The molecular weight excluding hydrogens is 409 g/mol. The number of nitrogens with zero attached hydrogens (tertiary/aromatic N) is 2. The highest BCUT2D eigenvalue weighted by atomic mass is 32.1. The molecular formula is C23H23F3N2OS. The van der Waals surface area contributed by atoms with Crippen molar-refractivity contribution in [1.82, 2.24) is 4.98 Å². The van der Waals surface area contributed by atoms with Crippen LogP contribution in [0, 0.1) is 11.8 Å². The molecule has 1 aromatic heterocycles. The summed E-state index contributed by atoms with van der Waals surface area (Å²) in [6.45, 7) is 2.05. The third kappa shape index (κ3) is 4.21. The Morgan fingerprint density at radius 2 is 1.87 bits per heavy atom. The average Bonchev–Trinajstić information content (AvgIpc) is 3.17. The molecule has 7 heteroatoms. The lowest BCUT2D eigenvalue weighted by molar-refractivity contribution is -0.186. The molecule has 0 saturated heterocycles. The zero-order valence-corrected chi connectivity index (χ0v) is 17.5. The van der Waals surface area contributed by atoms with E-state index in [9.17, 15) is 18.0 Å². The predicted octanol–water partition coefficient (Wildman–Crippen LogP) is 6.89. The van der Waals surface area contributed by atoms with Crippen LogP contribution in [0.3, 0.4) is 0 Å². The number of hydrogen-bond donors (Lipinski definition) is 0. The van der Waals surface area contributed by atoms with Crippen molar-refractivity contribution in [3.05, 3.63) is 54.1 Å². The Morgan fingerprint density at radius 1 is 1.13 bits per heavy atom.